The van der Waals surface area contributed by atoms with Crippen molar-refractivity contribution in [1.82, 2.24) is 9.13 Å². The van der Waals surface area contributed by atoms with Crippen molar-refractivity contribution >= 4 is 71.8 Å². The van der Waals surface area contributed by atoms with E-state index in [1.165, 1.54) is 21.8 Å². The lowest BCUT2D eigenvalue weighted by Crippen LogP contribution is -2.01. The Morgan fingerprint density at radius 2 is 1.21 bits per heavy atom. The Hall–Kier alpha value is -4.74. The van der Waals surface area contributed by atoms with Crippen LogP contribution >= 0.6 is 11.3 Å². The zero-order chi connectivity index (χ0) is 25.5. The third-order valence-electron chi connectivity index (χ3n) is 7.71. The van der Waals surface area contributed by atoms with E-state index in [0.717, 1.165) is 31.7 Å². The Morgan fingerprint density at radius 1 is 0.658 bits per heavy atom. The van der Waals surface area contributed by atoms with Crippen molar-refractivity contribution in [2.45, 2.75) is 0 Å². The van der Waals surface area contributed by atoms with E-state index in [9.17, 15) is 9.59 Å². The van der Waals surface area contributed by atoms with Crippen LogP contribution in [0.1, 0.15) is 26.4 Å². The molecule has 1 aliphatic rings. The number of hydrogen-bond acceptors (Lipinski definition) is 3. The molecule has 38 heavy (non-hydrogen) atoms. The summed E-state index contributed by atoms with van der Waals surface area (Å²) in [6.45, 7) is 0. The summed E-state index contributed by atoms with van der Waals surface area (Å²) in [5.41, 5.74) is 5.47. The largest absolute Gasteiger partial charge is 0.343 e. The fourth-order valence-corrected chi connectivity index (χ4v) is 6.98. The van der Waals surface area contributed by atoms with Gasteiger partial charge in [0.1, 0.15) is 5.00 Å². The van der Waals surface area contributed by atoms with Crippen molar-refractivity contribution in [3.8, 4) is 5.00 Å². The average molecular weight is 509 g/mol. The molecule has 0 bridgehead atoms. The van der Waals surface area contributed by atoms with Crippen LogP contribution in [0, 0.1) is 0 Å². The molecule has 8 rings (SSSR count). The molecule has 4 nitrogen and oxygen atoms in total. The van der Waals surface area contributed by atoms with Crippen LogP contribution in [0.25, 0.3) is 53.9 Å². The molecule has 0 aliphatic heterocycles. The molecule has 180 valence electrons. The summed E-state index contributed by atoms with van der Waals surface area (Å²) < 4.78 is 5.49. The maximum atomic E-state index is 13.3. The summed E-state index contributed by atoms with van der Waals surface area (Å²) in [6.07, 6.45) is 1.75. The first-order chi connectivity index (χ1) is 18.6. The molecule has 3 aromatic heterocycles. The number of para-hydroxylation sites is 2. The molecule has 0 spiro atoms. The highest BCUT2D eigenvalue weighted by Crippen LogP contribution is 2.38. The maximum absolute atomic E-state index is 13.3. The molecule has 0 radical (unpaired) electrons. The smallest absolute Gasteiger partial charge is 0.197 e. The first kappa shape index (κ1) is 21.4. The fourth-order valence-electron chi connectivity index (χ4n) is 5.82. The zero-order valence-corrected chi connectivity index (χ0v) is 21.3. The topological polar surface area (TPSA) is 44.0 Å². The molecule has 0 fully saturated rings. The predicted molar refractivity (Wildman–Crippen MR) is 156 cm³/mol. The van der Waals surface area contributed by atoms with E-state index >= 15 is 0 Å². The summed E-state index contributed by atoms with van der Waals surface area (Å²) in [5.74, 6) is -0.405. The van der Waals surface area contributed by atoms with Gasteiger partial charge in [-0.2, -0.15) is 0 Å². The third kappa shape index (κ3) is 2.85. The van der Waals surface area contributed by atoms with Gasteiger partial charge in [0.05, 0.1) is 26.8 Å². The number of hydrogen-bond donors (Lipinski definition) is 0. The number of aromatic nitrogens is 2. The molecular formula is C33H20N2O2S. The Labute approximate surface area is 221 Å². The second-order valence-electron chi connectivity index (χ2n) is 9.79. The second-order valence-corrected chi connectivity index (χ2v) is 10.9. The number of rotatable bonds is 2. The zero-order valence-electron chi connectivity index (χ0n) is 20.4. The average Bonchev–Trinajstić information content (AvgIpc) is 3.65. The first-order valence-electron chi connectivity index (χ1n) is 12.5. The van der Waals surface area contributed by atoms with Crippen LogP contribution in [0.5, 0.6) is 0 Å². The molecule has 0 atom stereocenters. The SMILES string of the molecule is Cn1c(C=C2C(=O)c3cc4ccccc4cc3C2=O)cc2sc(-n3c4ccccc4c4ccccc43)cc21. The number of ketones is 2. The van der Waals surface area contributed by atoms with Crippen molar-refractivity contribution in [2.75, 3.05) is 0 Å². The number of Topliss-reactive ketones (excluding diaryl/α,β-unsaturated/α-hetero) is 2. The van der Waals surface area contributed by atoms with Gasteiger partial charge in [0.25, 0.3) is 0 Å². The number of carbonyl (C=O) groups is 2. The van der Waals surface area contributed by atoms with Gasteiger partial charge in [-0.15, -0.1) is 11.3 Å². The summed E-state index contributed by atoms with van der Waals surface area (Å²) in [5, 5.41) is 5.53. The highest BCUT2D eigenvalue weighted by molar-refractivity contribution is 7.21. The summed E-state index contributed by atoms with van der Waals surface area (Å²) in [6, 6.07) is 32.7. The Balaban J connectivity index is 1.25. The lowest BCUT2D eigenvalue weighted by atomic mass is 10.0. The van der Waals surface area contributed by atoms with Crippen molar-refractivity contribution in [3.05, 3.63) is 119 Å². The van der Waals surface area contributed by atoms with Crippen molar-refractivity contribution in [1.29, 1.82) is 0 Å². The Kier molecular flexibility index (Phi) is 4.29. The number of fused-ring (bicyclic) bond motifs is 6. The first-order valence-corrected chi connectivity index (χ1v) is 13.3. The molecular weight excluding hydrogens is 488 g/mol. The normalized spacial score (nSPS) is 13.4. The van der Waals surface area contributed by atoms with Gasteiger partial charge in [-0.25, -0.2) is 0 Å². The van der Waals surface area contributed by atoms with E-state index in [1.54, 1.807) is 17.4 Å². The van der Waals surface area contributed by atoms with Gasteiger partial charge in [0, 0.05) is 34.6 Å². The predicted octanol–water partition coefficient (Wildman–Crippen LogP) is 7.95. The van der Waals surface area contributed by atoms with E-state index in [4.69, 9.17) is 0 Å². The van der Waals surface area contributed by atoms with Gasteiger partial charge >= 0.3 is 0 Å². The van der Waals surface area contributed by atoms with E-state index in [0.29, 0.717) is 11.1 Å². The van der Waals surface area contributed by atoms with Gasteiger partial charge in [-0.3, -0.25) is 9.59 Å². The minimum absolute atomic E-state index is 0.203. The van der Waals surface area contributed by atoms with E-state index in [2.05, 4.69) is 69.8 Å². The lowest BCUT2D eigenvalue weighted by molar-refractivity contribution is 0.0990. The highest BCUT2D eigenvalue weighted by Gasteiger charge is 2.33. The summed E-state index contributed by atoms with van der Waals surface area (Å²) in [7, 11) is 1.99. The summed E-state index contributed by atoms with van der Waals surface area (Å²) in [4.78, 5) is 26.6. The standard InChI is InChI=1S/C33H20N2O2S/c1-34-21(16-26-32(36)24-14-19-8-2-3-9-20(19)15-25(24)33(26)37)17-30-29(34)18-31(38-30)35-27-12-6-4-10-22(27)23-11-5-7-13-28(23)35/h2-18H,1H3. The Morgan fingerprint density at radius 3 is 1.79 bits per heavy atom. The van der Waals surface area contributed by atoms with E-state index < -0.39 is 0 Å². The van der Waals surface area contributed by atoms with Crippen LogP contribution in [0.4, 0.5) is 0 Å². The van der Waals surface area contributed by atoms with Gasteiger partial charge in [0.2, 0.25) is 0 Å². The number of allylic oxidation sites excluding steroid dienone is 1. The molecule has 7 aromatic rings. The monoisotopic (exact) mass is 508 g/mol. The van der Waals surface area contributed by atoms with E-state index in [1.807, 2.05) is 43.4 Å². The van der Waals surface area contributed by atoms with Crippen LogP contribution in [-0.4, -0.2) is 20.7 Å². The van der Waals surface area contributed by atoms with Crippen LogP contribution in [0.2, 0.25) is 0 Å². The summed E-state index contributed by atoms with van der Waals surface area (Å²) >= 11 is 1.71. The van der Waals surface area contributed by atoms with Crippen LogP contribution in [0.3, 0.4) is 0 Å². The fraction of sp³-hybridized carbons (Fsp3) is 0.0303. The minimum Gasteiger partial charge on any atom is -0.343 e. The van der Waals surface area contributed by atoms with Gasteiger partial charge in [-0.1, -0.05) is 60.7 Å². The van der Waals surface area contributed by atoms with Crippen LogP contribution in [-0.2, 0) is 7.05 Å². The quantitative estimate of drug-likeness (QED) is 0.176. The van der Waals surface area contributed by atoms with Crippen molar-refractivity contribution in [2.24, 2.45) is 7.05 Å². The number of benzene rings is 4. The maximum Gasteiger partial charge on any atom is 0.197 e. The molecule has 0 N–H and O–H groups in total. The molecule has 1 aliphatic carbocycles. The molecule has 0 unspecified atom stereocenters. The number of carbonyl (C=O) groups excluding carboxylic acids is 2. The lowest BCUT2D eigenvalue weighted by Gasteiger charge is -2.04. The highest BCUT2D eigenvalue weighted by atomic mass is 32.1. The molecule has 3 heterocycles. The number of nitrogens with zero attached hydrogens (tertiary/aromatic N) is 2. The minimum atomic E-state index is -0.203. The Bertz CT molecular complexity index is 2080. The van der Waals surface area contributed by atoms with Gasteiger partial charge in [0.15, 0.2) is 11.6 Å². The molecule has 4 aromatic carbocycles. The second kappa shape index (κ2) is 7.63. The van der Waals surface area contributed by atoms with Crippen molar-refractivity contribution < 1.29 is 9.59 Å². The molecule has 0 saturated heterocycles. The van der Waals surface area contributed by atoms with E-state index in [-0.39, 0.29) is 17.1 Å². The van der Waals surface area contributed by atoms with Crippen LogP contribution < -0.4 is 0 Å². The third-order valence-corrected chi connectivity index (χ3v) is 8.77. The number of thiophene rings is 1. The number of aryl methyl sites for hydroxylation is 1. The van der Waals surface area contributed by atoms with Gasteiger partial charge < -0.3 is 9.13 Å². The van der Waals surface area contributed by atoms with Crippen molar-refractivity contribution in [3.63, 3.8) is 0 Å². The molecule has 0 saturated carbocycles. The van der Waals surface area contributed by atoms with Gasteiger partial charge in [-0.05, 0) is 53.2 Å². The molecule has 0 amide bonds. The van der Waals surface area contributed by atoms with Crippen LogP contribution in [0.15, 0.2) is 103 Å². The molecule has 5 heteroatoms.